The SMILES string of the molecule is CCc1ccc2c(c1C(=O)[O-])Cc1ccccc1S2.[K+]. The zero-order chi connectivity index (χ0) is 13.4. The fourth-order valence-corrected chi connectivity index (χ4v) is 3.64. The number of hydrogen-bond acceptors (Lipinski definition) is 3. The van der Waals surface area contributed by atoms with E-state index in [1.165, 1.54) is 10.5 Å². The van der Waals surface area contributed by atoms with Gasteiger partial charge in [-0.1, -0.05) is 43.0 Å². The fraction of sp³-hybridized carbons (Fsp3) is 0.188. The van der Waals surface area contributed by atoms with Crippen molar-refractivity contribution in [2.45, 2.75) is 29.6 Å². The van der Waals surface area contributed by atoms with Gasteiger partial charge in [0.15, 0.2) is 0 Å². The van der Waals surface area contributed by atoms with Crippen molar-refractivity contribution < 1.29 is 61.3 Å². The number of carbonyl (C=O) groups excluding carboxylic acids is 1. The van der Waals surface area contributed by atoms with Crippen LogP contribution in [0.4, 0.5) is 0 Å². The minimum absolute atomic E-state index is 0. The van der Waals surface area contributed by atoms with Crippen molar-refractivity contribution in [3.05, 3.63) is 58.7 Å². The van der Waals surface area contributed by atoms with E-state index >= 15 is 0 Å². The van der Waals surface area contributed by atoms with Crippen LogP contribution in [0, 0.1) is 0 Å². The minimum Gasteiger partial charge on any atom is -0.545 e. The Bertz CT molecular complexity index is 668. The molecule has 1 aliphatic rings. The summed E-state index contributed by atoms with van der Waals surface area (Å²) in [6, 6.07) is 12.1. The van der Waals surface area contributed by atoms with Gasteiger partial charge in [-0.2, -0.15) is 0 Å². The van der Waals surface area contributed by atoms with Crippen LogP contribution in [0.3, 0.4) is 0 Å². The molecule has 96 valence electrons. The van der Waals surface area contributed by atoms with E-state index in [2.05, 4.69) is 12.1 Å². The van der Waals surface area contributed by atoms with Crippen molar-refractivity contribution in [3.63, 3.8) is 0 Å². The smallest absolute Gasteiger partial charge is 0.545 e. The zero-order valence-electron chi connectivity index (χ0n) is 11.6. The van der Waals surface area contributed by atoms with E-state index in [1.54, 1.807) is 11.8 Å². The molecule has 0 saturated heterocycles. The average Bonchev–Trinajstić information content (AvgIpc) is 2.43. The van der Waals surface area contributed by atoms with Crippen LogP contribution in [0.5, 0.6) is 0 Å². The Kier molecular flexibility index (Phi) is 5.51. The third kappa shape index (κ3) is 2.91. The number of hydrogen-bond donors (Lipinski definition) is 0. The van der Waals surface area contributed by atoms with E-state index in [-0.39, 0.29) is 51.4 Å². The molecule has 0 atom stereocenters. The van der Waals surface area contributed by atoms with Crippen LogP contribution >= 0.6 is 11.8 Å². The largest absolute Gasteiger partial charge is 1.00 e. The van der Waals surface area contributed by atoms with Crippen LogP contribution < -0.4 is 56.5 Å². The molecule has 0 aliphatic carbocycles. The Labute approximate surface area is 165 Å². The molecular weight excluding hydrogens is 295 g/mol. The predicted octanol–water partition coefficient (Wildman–Crippen LogP) is -0.328. The maximum Gasteiger partial charge on any atom is 1.00 e. The molecule has 0 aromatic heterocycles. The van der Waals surface area contributed by atoms with Crippen LogP contribution in [-0.4, -0.2) is 5.97 Å². The molecule has 2 nitrogen and oxygen atoms in total. The number of aromatic carboxylic acids is 1. The zero-order valence-corrected chi connectivity index (χ0v) is 15.5. The first kappa shape index (κ1) is 16.3. The van der Waals surface area contributed by atoms with Gasteiger partial charge in [0.1, 0.15) is 0 Å². The van der Waals surface area contributed by atoms with E-state index in [1.807, 2.05) is 31.2 Å². The molecule has 2 aromatic carbocycles. The van der Waals surface area contributed by atoms with Gasteiger partial charge in [-0.15, -0.1) is 0 Å². The van der Waals surface area contributed by atoms with Crippen molar-refractivity contribution >= 4 is 17.7 Å². The predicted molar refractivity (Wildman–Crippen MR) is 73.5 cm³/mol. The van der Waals surface area contributed by atoms with Crippen LogP contribution in [0.1, 0.15) is 34.0 Å². The number of benzene rings is 2. The Morgan fingerprint density at radius 2 is 1.95 bits per heavy atom. The molecule has 0 saturated carbocycles. The summed E-state index contributed by atoms with van der Waals surface area (Å²) in [4.78, 5) is 13.7. The van der Waals surface area contributed by atoms with Gasteiger partial charge < -0.3 is 9.90 Å². The van der Waals surface area contributed by atoms with Gasteiger partial charge in [-0.05, 0) is 35.2 Å². The molecule has 4 heteroatoms. The second kappa shape index (κ2) is 6.77. The normalized spacial score (nSPS) is 12.1. The van der Waals surface area contributed by atoms with Crippen LogP contribution in [-0.2, 0) is 12.8 Å². The third-order valence-corrected chi connectivity index (χ3v) is 4.72. The average molecular weight is 308 g/mol. The van der Waals surface area contributed by atoms with E-state index in [0.717, 1.165) is 16.0 Å². The van der Waals surface area contributed by atoms with Crippen molar-refractivity contribution in [2.75, 3.05) is 0 Å². The first-order valence-electron chi connectivity index (χ1n) is 6.32. The summed E-state index contributed by atoms with van der Waals surface area (Å²) >= 11 is 1.64. The maximum absolute atomic E-state index is 11.4. The van der Waals surface area contributed by atoms with Gasteiger partial charge in [-0.25, -0.2) is 0 Å². The molecule has 0 unspecified atom stereocenters. The number of aryl methyl sites for hydroxylation is 1. The third-order valence-electron chi connectivity index (χ3n) is 3.50. The van der Waals surface area contributed by atoms with Gasteiger partial charge >= 0.3 is 51.4 Å². The molecule has 1 heterocycles. The molecule has 20 heavy (non-hydrogen) atoms. The summed E-state index contributed by atoms with van der Waals surface area (Å²) < 4.78 is 0. The number of carboxylic acid groups (broad SMARTS) is 1. The van der Waals surface area contributed by atoms with Gasteiger partial charge in [0.2, 0.25) is 0 Å². The second-order valence-corrected chi connectivity index (χ2v) is 5.69. The van der Waals surface area contributed by atoms with Crippen LogP contribution in [0.2, 0.25) is 0 Å². The Morgan fingerprint density at radius 1 is 1.20 bits per heavy atom. The molecule has 0 fully saturated rings. The topological polar surface area (TPSA) is 40.1 Å². The fourth-order valence-electron chi connectivity index (χ4n) is 2.56. The molecule has 0 bridgehead atoms. The summed E-state index contributed by atoms with van der Waals surface area (Å²) in [6.45, 7) is 1.97. The summed E-state index contributed by atoms with van der Waals surface area (Å²) in [5.41, 5.74) is 3.35. The van der Waals surface area contributed by atoms with Gasteiger partial charge in [0.05, 0.1) is 5.97 Å². The first-order chi connectivity index (χ1) is 9.20. The van der Waals surface area contributed by atoms with Crippen molar-refractivity contribution in [3.8, 4) is 0 Å². The van der Waals surface area contributed by atoms with Gasteiger partial charge in [0, 0.05) is 21.8 Å². The molecule has 1 aliphatic heterocycles. The van der Waals surface area contributed by atoms with E-state index < -0.39 is 5.97 Å². The maximum atomic E-state index is 11.4. The summed E-state index contributed by atoms with van der Waals surface area (Å²) in [5, 5.41) is 11.4. The first-order valence-corrected chi connectivity index (χ1v) is 7.14. The van der Waals surface area contributed by atoms with Crippen molar-refractivity contribution in [2.24, 2.45) is 0 Å². The Morgan fingerprint density at radius 3 is 2.65 bits per heavy atom. The molecule has 0 radical (unpaired) electrons. The van der Waals surface area contributed by atoms with Crippen molar-refractivity contribution in [1.29, 1.82) is 0 Å². The van der Waals surface area contributed by atoms with Crippen LogP contribution in [0.25, 0.3) is 0 Å². The molecule has 0 amide bonds. The molecular formula is C16H13KO2S. The van der Waals surface area contributed by atoms with E-state index in [0.29, 0.717) is 18.4 Å². The molecule has 2 aromatic rings. The minimum atomic E-state index is -1.06. The number of fused-ring (bicyclic) bond motifs is 2. The quantitative estimate of drug-likeness (QED) is 0.609. The number of rotatable bonds is 2. The summed E-state index contributed by atoms with van der Waals surface area (Å²) in [7, 11) is 0. The number of carbonyl (C=O) groups is 1. The van der Waals surface area contributed by atoms with Crippen molar-refractivity contribution in [1.82, 2.24) is 0 Å². The van der Waals surface area contributed by atoms with Gasteiger partial charge in [0.25, 0.3) is 0 Å². The number of carboxylic acids is 1. The standard InChI is InChI=1S/C16H14O2S.K/c1-2-10-7-8-14-12(15(10)16(17)18)9-11-5-3-4-6-13(11)19-14;/h3-8H,2,9H2,1H3,(H,17,18);/q;+1/p-1. The second-order valence-electron chi connectivity index (χ2n) is 4.60. The monoisotopic (exact) mass is 308 g/mol. The summed E-state index contributed by atoms with van der Waals surface area (Å²) in [5.74, 6) is -1.06. The Hall–Kier alpha value is -0.104. The summed E-state index contributed by atoms with van der Waals surface area (Å²) in [6.07, 6.45) is 1.39. The molecule has 0 spiro atoms. The van der Waals surface area contributed by atoms with E-state index in [9.17, 15) is 9.90 Å². The Balaban J connectivity index is 0.00000147. The van der Waals surface area contributed by atoms with Crippen LogP contribution in [0.15, 0.2) is 46.2 Å². The molecule has 0 N–H and O–H groups in total. The van der Waals surface area contributed by atoms with E-state index in [4.69, 9.17) is 0 Å². The molecule has 3 rings (SSSR count). The van der Waals surface area contributed by atoms with Gasteiger partial charge in [-0.3, -0.25) is 0 Å².